The highest BCUT2D eigenvalue weighted by Gasteiger charge is 2.17. The van der Waals surface area contributed by atoms with Crippen molar-refractivity contribution in [3.63, 3.8) is 0 Å². The minimum Gasteiger partial charge on any atom is -0.383 e. The van der Waals surface area contributed by atoms with E-state index in [1.807, 2.05) is 68.8 Å². The number of aromatic nitrogens is 2. The van der Waals surface area contributed by atoms with Crippen molar-refractivity contribution >= 4 is 23.2 Å². The Hall–Kier alpha value is -3.51. The number of ether oxygens (including phenoxy) is 1. The molecule has 1 aromatic heterocycles. The number of anilines is 1. The summed E-state index contributed by atoms with van der Waals surface area (Å²) in [6.07, 6.45) is 11.9. The molecule has 1 aromatic carbocycles. The van der Waals surface area contributed by atoms with Crippen molar-refractivity contribution in [1.82, 2.24) is 14.9 Å². The second-order valence-electron chi connectivity index (χ2n) is 9.09. The van der Waals surface area contributed by atoms with Gasteiger partial charge in [-0.15, -0.1) is 0 Å². The van der Waals surface area contributed by atoms with Crippen LogP contribution < -0.4 is 5.32 Å². The topological polar surface area (TPSA) is 62.6 Å². The number of aliphatic imine (C=N–C) groups is 1. The molecule has 1 unspecified atom stereocenters. The van der Waals surface area contributed by atoms with Crippen molar-refractivity contribution in [3.05, 3.63) is 78.7 Å². The van der Waals surface area contributed by atoms with Crippen LogP contribution in [0.15, 0.2) is 72.5 Å². The molecule has 2 heterocycles. The van der Waals surface area contributed by atoms with Crippen LogP contribution >= 0.6 is 0 Å². The Labute approximate surface area is 209 Å². The van der Waals surface area contributed by atoms with E-state index in [1.165, 1.54) is 0 Å². The van der Waals surface area contributed by atoms with Gasteiger partial charge < -0.3 is 15.0 Å². The predicted molar refractivity (Wildman–Crippen MR) is 149 cm³/mol. The highest BCUT2D eigenvalue weighted by atomic mass is 16.5. The van der Waals surface area contributed by atoms with E-state index in [0.717, 1.165) is 71.8 Å². The molecule has 0 bridgehead atoms. The fourth-order valence-electron chi connectivity index (χ4n) is 4.03. The van der Waals surface area contributed by atoms with Crippen molar-refractivity contribution in [2.75, 3.05) is 46.2 Å². The average molecular weight is 472 g/mol. The van der Waals surface area contributed by atoms with Gasteiger partial charge in [-0.25, -0.2) is 9.97 Å². The first-order valence-electron chi connectivity index (χ1n) is 12.0. The Morgan fingerprint density at radius 2 is 2.14 bits per heavy atom. The summed E-state index contributed by atoms with van der Waals surface area (Å²) < 4.78 is 5.67. The van der Waals surface area contributed by atoms with E-state index < -0.39 is 0 Å². The van der Waals surface area contributed by atoms with Gasteiger partial charge in [-0.05, 0) is 42.9 Å². The first kappa shape index (κ1) is 26.1. The van der Waals surface area contributed by atoms with E-state index in [1.54, 1.807) is 7.05 Å². The lowest BCUT2D eigenvalue weighted by Gasteiger charge is -2.23. The molecule has 1 N–H and O–H groups in total. The van der Waals surface area contributed by atoms with Crippen LogP contribution in [0.2, 0.25) is 0 Å². The van der Waals surface area contributed by atoms with Crippen LogP contribution in [-0.2, 0) is 4.74 Å². The molecule has 1 fully saturated rings. The van der Waals surface area contributed by atoms with Gasteiger partial charge in [0.2, 0.25) is 0 Å². The SMILES string of the molecule is C=C/C(=C\N(C)C)c1cccc(-c2ncc(C(/C=N\C)=C/C(=C)C)c(NCC3CCCOC3)n2)c1. The number of rotatable bonds is 10. The maximum atomic E-state index is 5.67. The van der Waals surface area contributed by atoms with E-state index in [-0.39, 0.29) is 0 Å². The third kappa shape index (κ3) is 7.49. The zero-order valence-corrected chi connectivity index (χ0v) is 21.4. The summed E-state index contributed by atoms with van der Waals surface area (Å²) in [7, 11) is 5.76. The summed E-state index contributed by atoms with van der Waals surface area (Å²) in [6.45, 7) is 12.4. The molecule has 6 nitrogen and oxygen atoms in total. The van der Waals surface area contributed by atoms with E-state index in [9.17, 15) is 0 Å². The third-order valence-corrected chi connectivity index (χ3v) is 5.65. The Bertz CT molecular complexity index is 1120. The standard InChI is InChI=1S/C29H37N5O/c1-7-23(19-34(5)6)24-11-8-12-25(15-24)28-32-18-27(26(17-30-4)14-21(2)3)29(33-28)31-16-22-10-9-13-35-20-22/h7-8,11-12,14-15,17-19,22H,1-2,9-10,13,16,20H2,3-6H3,(H,31,32,33)/b23-19+,26-14+,30-17-. The number of hydrogen-bond acceptors (Lipinski definition) is 6. The molecule has 0 spiro atoms. The second kappa shape index (κ2) is 12.8. The van der Waals surface area contributed by atoms with E-state index >= 15 is 0 Å². The number of nitrogens with one attached hydrogen (secondary N) is 1. The molecule has 0 radical (unpaired) electrons. The van der Waals surface area contributed by atoms with Crippen LogP contribution in [0, 0.1) is 5.92 Å². The molecule has 184 valence electrons. The summed E-state index contributed by atoms with van der Waals surface area (Å²) in [5.41, 5.74) is 5.80. The smallest absolute Gasteiger partial charge is 0.161 e. The van der Waals surface area contributed by atoms with Crippen molar-refractivity contribution in [2.45, 2.75) is 19.8 Å². The Balaban J connectivity index is 2.02. The van der Waals surface area contributed by atoms with Crippen LogP contribution in [0.25, 0.3) is 22.5 Å². The largest absolute Gasteiger partial charge is 0.383 e. The molecule has 0 aliphatic carbocycles. The third-order valence-electron chi connectivity index (χ3n) is 5.65. The van der Waals surface area contributed by atoms with Gasteiger partial charge >= 0.3 is 0 Å². The molecule has 2 aromatic rings. The summed E-state index contributed by atoms with van der Waals surface area (Å²) in [4.78, 5) is 16.0. The Morgan fingerprint density at radius 1 is 1.31 bits per heavy atom. The van der Waals surface area contributed by atoms with Crippen LogP contribution in [0.4, 0.5) is 5.82 Å². The average Bonchev–Trinajstić information content (AvgIpc) is 2.86. The van der Waals surface area contributed by atoms with Gasteiger partial charge in [-0.1, -0.05) is 49.1 Å². The molecule has 1 aliphatic rings. The zero-order chi connectivity index (χ0) is 25.2. The van der Waals surface area contributed by atoms with Gasteiger partial charge in [0.25, 0.3) is 0 Å². The van der Waals surface area contributed by atoms with Gasteiger partial charge in [-0.3, -0.25) is 4.99 Å². The van der Waals surface area contributed by atoms with Gasteiger partial charge in [0.1, 0.15) is 5.82 Å². The molecule has 35 heavy (non-hydrogen) atoms. The highest BCUT2D eigenvalue weighted by Crippen LogP contribution is 2.28. The summed E-state index contributed by atoms with van der Waals surface area (Å²) in [5, 5.41) is 3.58. The first-order valence-corrected chi connectivity index (χ1v) is 12.0. The monoisotopic (exact) mass is 471 g/mol. The van der Waals surface area contributed by atoms with Crippen LogP contribution in [0.3, 0.4) is 0 Å². The van der Waals surface area contributed by atoms with Crippen molar-refractivity contribution in [1.29, 1.82) is 0 Å². The summed E-state index contributed by atoms with van der Waals surface area (Å²) >= 11 is 0. The zero-order valence-electron chi connectivity index (χ0n) is 21.4. The molecule has 0 saturated carbocycles. The minimum atomic E-state index is 0.457. The molecular weight excluding hydrogens is 434 g/mol. The van der Waals surface area contributed by atoms with E-state index in [0.29, 0.717) is 11.7 Å². The highest BCUT2D eigenvalue weighted by molar-refractivity contribution is 6.12. The molecular formula is C29H37N5O. The van der Waals surface area contributed by atoms with Crippen LogP contribution in [0.5, 0.6) is 0 Å². The normalized spacial score (nSPS) is 16.9. The van der Waals surface area contributed by atoms with Crippen molar-refractivity contribution in [3.8, 4) is 11.4 Å². The lowest BCUT2D eigenvalue weighted by Crippen LogP contribution is -2.25. The lowest BCUT2D eigenvalue weighted by atomic mass is 10.0. The number of hydrogen-bond donors (Lipinski definition) is 1. The minimum absolute atomic E-state index is 0.457. The van der Waals surface area contributed by atoms with Crippen molar-refractivity contribution < 1.29 is 4.74 Å². The first-order chi connectivity index (χ1) is 16.9. The number of allylic oxidation sites excluding steroid dienone is 5. The van der Waals surface area contributed by atoms with Gasteiger partial charge in [0.15, 0.2) is 5.82 Å². The maximum absolute atomic E-state index is 5.67. The molecule has 1 aliphatic heterocycles. The fourth-order valence-corrected chi connectivity index (χ4v) is 4.03. The lowest BCUT2D eigenvalue weighted by molar-refractivity contribution is 0.0595. The second-order valence-corrected chi connectivity index (χ2v) is 9.09. The fraction of sp³-hybridized carbons (Fsp3) is 0.345. The van der Waals surface area contributed by atoms with E-state index in [2.05, 4.69) is 35.6 Å². The molecule has 1 atom stereocenters. The predicted octanol–water partition coefficient (Wildman–Crippen LogP) is 5.73. The maximum Gasteiger partial charge on any atom is 0.161 e. The molecule has 3 rings (SSSR count). The molecule has 0 amide bonds. The van der Waals surface area contributed by atoms with Crippen LogP contribution in [-0.4, -0.2) is 62.0 Å². The van der Waals surface area contributed by atoms with Gasteiger partial charge in [-0.2, -0.15) is 0 Å². The van der Waals surface area contributed by atoms with Gasteiger partial charge in [0, 0.05) is 69.6 Å². The van der Waals surface area contributed by atoms with E-state index in [4.69, 9.17) is 14.7 Å². The van der Waals surface area contributed by atoms with Gasteiger partial charge in [0.05, 0.1) is 6.61 Å². The quantitative estimate of drug-likeness (QED) is 0.354. The molecule has 6 heteroatoms. The summed E-state index contributed by atoms with van der Waals surface area (Å²) in [5.74, 6) is 1.90. The number of nitrogens with zero attached hydrogens (tertiary/aromatic N) is 4. The summed E-state index contributed by atoms with van der Waals surface area (Å²) in [6, 6.07) is 8.23. The Kier molecular flexibility index (Phi) is 9.56. The van der Waals surface area contributed by atoms with Crippen LogP contribution in [0.1, 0.15) is 30.9 Å². The molecule has 1 saturated heterocycles. The Morgan fingerprint density at radius 3 is 2.80 bits per heavy atom. The van der Waals surface area contributed by atoms with Crippen molar-refractivity contribution in [2.24, 2.45) is 10.9 Å². The number of benzene rings is 1.